The zero-order chi connectivity index (χ0) is 38.4. The largest absolute Gasteiger partial charge is 0.471 e. The van der Waals surface area contributed by atoms with Gasteiger partial charge in [-0.15, -0.1) is 0 Å². The summed E-state index contributed by atoms with van der Waals surface area (Å²) < 4.78 is 49.9. The highest BCUT2D eigenvalue weighted by atomic mass is 32.2. The molecule has 2 aliphatic heterocycles. The van der Waals surface area contributed by atoms with Crippen molar-refractivity contribution in [3.63, 3.8) is 0 Å². The van der Waals surface area contributed by atoms with E-state index in [2.05, 4.69) is 30.4 Å². The molecule has 3 N–H and O–H groups in total. The van der Waals surface area contributed by atoms with Gasteiger partial charge in [-0.3, -0.25) is 28.6 Å². The van der Waals surface area contributed by atoms with Crippen molar-refractivity contribution in [3.8, 4) is 5.88 Å². The first-order valence-electron chi connectivity index (χ1n) is 18.1. The topological polar surface area (TPSA) is 195 Å². The minimum Gasteiger partial charge on any atom is -0.471 e. The lowest BCUT2D eigenvalue weighted by molar-refractivity contribution is -0.142. The number of rotatable bonds is 7. The van der Waals surface area contributed by atoms with Crippen molar-refractivity contribution in [2.45, 2.75) is 93.7 Å². The number of carbonyl (C=O) groups is 4. The second-order valence-electron chi connectivity index (χ2n) is 14.8. The lowest BCUT2D eigenvalue weighted by Gasteiger charge is -2.42. The number of carbonyl (C=O) groups excluding carboxylic acids is 4. The van der Waals surface area contributed by atoms with Crippen LogP contribution in [-0.4, -0.2) is 91.7 Å². The van der Waals surface area contributed by atoms with Crippen molar-refractivity contribution < 1.29 is 36.7 Å². The normalized spacial score (nSPS) is 26.8. The first-order valence-corrected chi connectivity index (χ1v) is 19.6. The summed E-state index contributed by atoms with van der Waals surface area (Å²) in [6.45, 7) is 3.10. The second-order valence-corrected chi connectivity index (χ2v) is 17.0. The Bertz CT molecular complexity index is 2180. The predicted octanol–water partition coefficient (Wildman–Crippen LogP) is 2.52. The predicted molar refractivity (Wildman–Crippen MR) is 194 cm³/mol. The molecule has 2 fully saturated rings. The van der Waals surface area contributed by atoms with Gasteiger partial charge in [-0.1, -0.05) is 43.2 Å². The number of hydrogen-bond acceptors (Lipinski definition) is 10. The van der Waals surface area contributed by atoms with Crippen molar-refractivity contribution in [2.75, 3.05) is 6.54 Å². The van der Waals surface area contributed by atoms with Crippen molar-refractivity contribution >= 4 is 44.7 Å². The van der Waals surface area contributed by atoms with Crippen molar-refractivity contribution in [3.05, 3.63) is 72.0 Å². The highest BCUT2D eigenvalue weighted by Crippen LogP contribution is 2.43. The fourth-order valence-corrected chi connectivity index (χ4v) is 8.46. The molecule has 0 spiro atoms. The molecule has 2 aromatic heterocycles. The molecule has 0 bridgehead atoms. The number of amides is 4. The van der Waals surface area contributed by atoms with Gasteiger partial charge in [-0.05, 0) is 64.2 Å². The maximum atomic E-state index is 14.7. The van der Waals surface area contributed by atoms with Crippen LogP contribution in [0.5, 0.6) is 5.88 Å². The van der Waals surface area contributed by atoms with Crippen LogP contribution in [0.15, 0.2) is 54.8 Å². The molecule has 54 heavy (non-hydrogen) atoms. The van der Waals surface area contributed by atoms with Crippen molar-refractivity contribution in [2.24, 2.45) is 13.0 Å². The summed E-state index contributed by atoms with van der Waals surface area (Å²) >= 11 is 0. The molecule has 17 heteroatoms. The molecule has 7 rings (SSSR count). The highest BCUT2D eigenvalue weighted by Gasteiger charge is 2.56. The Labute approximate surface area is 311 Å². The minimum absolute atomic E-state index is 0.00321. The number of hydrogen-bond donors (Lipinski definition) is 3. The Hall–Kier alpha value is -5.19. The first-order chi connectivity index (χ1) is 25.7. The summed E-state index contributed by atoms with van der Waals surface area (Å²) in [5.74, 6) is -3.92. The third kappa shape index (κ3) is 6.96. The fourth-order valence-electron chi connectivity index (χ4n) is 7.16. The molecule has 2 aliphatic carbocycles. The number of nitrogens with one attached hydrogen (secondary N) is 3. The van der Waals surface area contributed by atoms with Crippen LogP contribution in [0.2, 0.25) is 0 Å². The van der Waals surface area contributed by atoms with Crippen LogP contribution in [0, 0.1) is 18.7 Å². The van der Waals surface area contributed by atoms with Gasteiger partial charge in [0.2, 0.25) is 27.7 Å². The zero-order valence-electron chi connectivity index (χ0n) is 30.2. The third-order valence-electron chi connectivity index (χ3n) is 10.9. The van der Waals surface area contributed by atoms with Crippen LogP contribution in [0.4, 0.5) is 4.39 Å². The molecule has 1 saturated heterocycles. The van der Waals surface area contributed by atoms with Crippen LogP contribution in [-0.2, 0) is 31.5 Å². The number of benzene rings is 1. The average Bonchev–Trinajstić information content (AvgIpc) is 3.52. The van der Waals surface area contributed by atoms with Gasteiger partial charge in [0.1, 0.15) is 40.6 Å². The molecule has 5 atom stereocenters. The summed E-state index contributed by atoms with van der Waals surface area (Å²) in [6.07, 6.45) is 11.2. The summed E-state index contributed by atoms with van der Waals surface area (Å²) in [5, 5.41) is 9.72. The maximum absolute atomic E-state index is 14.7. The van der Waals surface area contributed by atoms with Gasteiger partial charge in [0, 0.05) is 25.6 Å². The summed E-state index contributed by atoms with van der Waals surface area (Å²) in [7, 11) is -2.45. The van der Waals surface area contributed by atoms with Gasteiger partial charge in [0.15, 0.2) is 5.82 Å². The molecule has 4 heterocycles. The van der Waals surface area contributed by atoms with E-state index in [1.54, 1.807) is 39.1 Å². The molecule has 5 unspecified atom stereocenters. The summed E-state index contributed by atoms with van der Waals surface area (Å²) in [5.41, 5.74) is -0.824. The van der Waals surface area contributed by atoms with Crippen LogP contribution < -0.4 is 20.1 Å². The molecule has 3 aromatic rings. The van der Waals surface area contributed by atoms with Crippen LogP contribution >= 0.6 is 0 Å². The van der Waals surface area contributed by atoms with E-state index < -0.39 is 73.9 Å². The quantitative estimate of drug-likeness (QED) is 0.301. The molecule has 286 valence electrons. The number of ether oxygens (including phenoxy) is 1. The van der Waals surface area contributed by atoms with E-state index in [4.69, 9.17) is 4.74 Å². The highest BCUT2D eigenvalue weighted by molar-refractivity contribution is 7.91. The van der Waals surface area contributed by atoms with Crippen LogP contribution in [0.1, 0.15) is 74.5 Å². The molecule has 0 radical (unpaired) electrons. The average molecular weight is 763 g/mol. The van der Waals surface area contributed by atoms with Gasteiger partial charge in [-0.2, -0.15) is 5.10 Å². The standard InChI is InChI=1S/C37H43FN8O7S/c1-22-33(42-30-25(38)11-9-13-26(30)40-22)53-24-20-29-32(48)43-37(35(50)44-54(51,52)36(2)17-18-36)16-14-23(37)10-7-5-4-6-8-12-27(34(49)46(29)21-24)41-31(47)28-15-19-39-45(28)3/h7,9-11,13-16,19,23-24,27,29H,4-6,8,12,17-18,20-21H2,1-3H3,(H,41,47)(H,43,48)(H,44,50). The van der Waals surface area contributed by atoms with E-state index >= 15 is 0 Å². The van der Waals surface area contributed by atoms with Gasteiger partial charge < -0.3 is 20.3 Å². The fraction of sp³-hybridized carbons (Fsp3) is 0.486. The Morgan fingerprint density at radius 2 is 1.89 bits per heavy atom. The second kappa shape index (κ2) is 14.2. The number of fused-ring (bicyclic) bond motifs is 3. The number of nitrogens with zero attached hydrogens (tertiary/aromatic N) is 5. The molecule has 4 aliphatic rings. The summed E-state index contributed by atoms with van der Waals surface area (Å²) in [6, 6.07) is 3.68. The van der Waals surface area contributed by atoms with Crippen molar-refractivity contribution in [1.29, 1.82) is 0 Å². The van der Waals surface area contributed by atoms with Gasteiger partial charge >= 0.3 is 0 Å². The Morgan fingerprint density at radius 3 is 2.59 bits per heavy atom. The number of aryl methyl sites for hydroxylation is 2. The number of aromatic nitrogens is 4. The SMILES string of the molecule is Cc1nc2cccc(F)c2nc1OC1CC2C(=O)NC3(C(=O)NS(=O)(=O)C4(C)CC4)C=CC3C=CCCCCCC(NC(=O)c3ccnn3C)C(=O)N2C1. The molecule has 1 saturated carbocycles. The molecule has 15 nitrogen and oxygen atoms in total. The smallest absolute Gasteiger partial charge is 0.270 e. The number of sulfonamides is 1. The van der Waals surface area contributed by atoms with Gasteiger partial charge in [0.05, 0.1) is 16.8 Å². The molecule has 1 aromatic carbocycles. The van der Waals surface area contributed by atoms with E-state index in [1.807, 2.05) is 6.08 Å². The Kier molecular flexibility index (Phi) is 9.78. The zero-order valence-corrected chi connectivity index (χ0v) is 31.1. The first kappa shape index (κ1) is 37.1. The van der Waals surface area contributed by atoms with E-state index in [0.717, 1.165) is 12.8 Å². The monoisotopic (exact) mass is 762 g/mol. The number of halogens is 1. The Balaban J connectivity index is 1.22. The lowest BCUT2D eigenvalue weighted by atomic mass is 9.73. The van der Waals surface area contributed by atoms with E-state index in [9.17, 15) is 32.0 Å². The molecule has 4 amide bonds. The van der Waals surface area contributed by atoms with E-state index in [1.165, 1.54) is 40.1 Å². The summed E-state index contributed by atoms with van der Waals surface area (Å²) in [4.78, 5) is 66.5. The number of para-hydroxylation sites is 1. The minimum atomic E-state index is -4.06. The Morgan fingerprint density at radius 1 is 1.09 bits per heavy atom. The van der Waals surface area contributed by atoms with E-state index in [0.29, 0.717) is 36.9 Å². The molecular formula is C37H43FN8O7S. The number of allylic oxidation sites excluding steroid dienone is 1. The van der Waals surface area contributed by atoms with E-state index in [-0.39, 0.29) is 36.5 Å². The lowest BCUT2D eigenvalue weighted by Crippen LogP contribution is -2.67. The van der Waals surface area contributed by atoms with Gasteiger partial charge in [0.25, 0.3) is 11.8 Å². The van der Waals surface area contributed by atoms with Gasteiger partial charge in [-0.25, -0.2) is 22.8 Å². The van der Waals surface area contributed by atoms with Crippen LogP contribution in [0.3, 0.4) is 0 Å². The van der Waals surface area contributed by atoms with Crippen LogP contribution in [0.25, 0.3) is 11.0 Å². The third-order valence-corrected chi connectivity index (χ3v) is 13.1. The maximum Gasteiger partial charge on any atom is 0.270 e. The molecular weight excluding hydrogens is 720 g/mol. The van der Waals surface area contributed by atoms with Crippen molar-refractivity contribution in [1.82, 2.24) is 40.0 Å².